The number of para-hydroxylation sites is 1. The molecule has 8 heteroatoms. The van der Waals surface area contributed by atoms with Crippen LogP contribution in [0.2, 0.25) is 5.02 Å². The largest absolute Gasteiger partial charge is 0.484 e. The van der Waals surface area contributed by atoms with Gasteiger partial charge in [-0.1, -0.05) is 60.1 Å². The minimum Gasteiger partial charge on any atom is -0.484 e. The lowest BCUT2D eigenvalue weighted by Gasteiger charge is -2.13. The van der Waals surface area contributed by atoms with E-state index in [1.807, 2.05) is 37.3 Å². The quantitative estimate of drug-likeness (QED) is 0.415. The number of nitrogens with one attached hydrogen (secondary N) is 1. The van der Waals surface area contributed by atoms with Gasteiger partial charge in [-0.15, -0.1) is 0 Å². The fourth-order valence-electron chi connectivity index (χ4n) is 3.29. The molecule has 34 heavy (non-hydrogen) atoms. The van der Waals surface area contributed by atoms with E-state index in [2.05, 4.69) is 5.32 Å². The van der Waals surface area contributed by atoms with Crippen LogP contribution in [0.25, 0.3) is 6.08 Å². The second kappa shape index (κ2) is 10.6. The summed E-state index contributed by atoms with van der Waals surface area (Å²) in [6.45, 7) is 1.91. The Morgan fingerprint density at radius 2 is 1.74 bits per heavy atom. The molecule has 1 aliphatic heterocycles. The van der Waals surface area contributed by atoms with Gasteiger partial charge in [0.1, 0.15) is 5.75 Å². The molecule has 3 aromatic rings. The maximum Gasteiger partial charge on any atom is 0.293 e. The normalized spacial score (nSPS) is 14.5. The smallest absolute Gasteiger partial charge is 0.293 e. The van der Waals surface area contributed by atoms with Gasteiger partial charge in [0, 0.05) is 10.7 Å². The van der Waals surface area contributed by atoms with Crippen LogP contribution >= 0.6 is 23.4 Å². The number of hydrogen-bond donors (Lipinski definition) is 1. The molecule has 1 heterocycles. The number of ether oxygens (including phenoxy) is 1. The number of aryl methyl sites for hydroxylation is 1. The highest BCUT2D eigenvalue weighted by atomic mass is 35.5. The minimum absolute atomic E-state index is 0.124. The average Bonchev–Trinajstić information content (AvgIpc) is 3.09. The monoisotopic (exact) mass is 492 g/mol. The molecule has 172 valence electrons. The van der Waals surface area contributed by atoms with Gasteiger partial charge in [0.15, 0.2) is 6.61 Å². The van der Waals surface area contributed by atoms with Crippen molar-refractivity contribution in [1.82, 2.24) is 4.90 Å². The Kier molecular flexibility index (Phi) is 7.35. The molecule has 0 unspecified atom stereocenters. The summed E-state index contributed by atoms with van der Waals surface area (Å²) in [5.74, 6) is -0.0994. The van der Waals surface area contributed by atoms with Gasteiger partial charge in [0.25, 0.3) is 17.1 Å². The summed E-state index contributed by atoms with van der Waals surface area (Å²) in [7, 11) is 0. The van der Waals surface area contributed by atoms with Crippen LogP contribution < -0.4 is 10.1 Å². The minimum atomic E-state index is -0.358. The van der Waals surface area contributed by atoms with Crippen molar-refractivity contribution in [3.05, 3.63) is 99.4 Å². The first kappa shape index (κ1) is 23.6. The third-order valence-electron chi connectivity index (χ3n) is 5.13. The molecular formula is C26H21ClN2O4S. The van der Waals surface area contributed by atoms with Crippen LogP contribution in [0.15, 0.2) is 77.7 Å². The predicted octanol–water partition coefficient (Wildman–Crippen LogP) is 5.90. The Labute approximate surface area is 206 Å². The first-order valence-electron chi connectivity index (χ1n) is 10.5. The van der Waals surface area contributed by atoms with Crippen molar-refractivity contribution in [1.29, 1.82) is 0 Å². The summed E-state index contributed by atoms with van der Waals surface area (Å²) < 4.78 is 5.56. The van der Waals surface area contributed by atoms with Crippen LogP contribution in [-0.4, -0.2) is 28.6 Å². The van der Waals surface area contributed by atoms with Crippen molar-refractivity contribution in [3.63, 3.8) is 0 Å². The lowest BCUT2D eigenvalue weighted by molar-refractivity contribution is -0.123. The van der Waals surface area contributed by atoms with Gasteiger partial charge >= 0.3 is 0 Å². The molecule has 1 N–H and O–H groups in total. The molecule has 1 aliphatic rings. The fourth-order valence-corrected chi connectivity index (χ4v) is 4.33. The average molecular weight is 493 g/mol. The zero-order chi connectivity index (χ0) is 24.1. The van der Waals surface area contributed by atoms with Crippen LogP contribution in [0.1, 0.15) is 16.7 Å². The molecule has 1 saturated heterocycles. The van der Waals surface area contributed by atoms with Gasteiger partial charge in [-0.05, 0) is 65.7 Å². The Balaban J connectivity index is 1.35. The molecule has 0 saturated carbocycles. The fraction of sp³-hybridized carbons (Fsp3) is 0.115. The van der Waals surface area contributed by atoms with Gasteiger partial charge in [-0.25, -0.2) is 0 Å². The van der Waals surface area contributed by atoms with E-state index in [0.717, 1.165) is 28.6 Å². The number of thioether (sulfide) groups is 1. The maximum absolute atomic E-state index is 12.8. The summed E-state index contributed by atoms with van der Waals surface area (Å²) in [6, 6.07) is 21.6. The summed E-state index contributed by atoms with van der Waals surface area (Å²) in [6.07, 6.45) is 1.66. The summed E-state index contributed by atoms with van der Waals surface area (Å²) in [5, 5.41) is 2.99. The van der Waals surface area contributed by atoms with Crippen molar-refractivity contribution in [2.45, 2.75) is 13.5 Å². The molecule has 1 fully saturated rings. The van der Waals surface area contributed by atoms with E-state index >= 15 is 0 Å². The Morgan fingerprint density at radius 3 is 2.47 bits per heavy atom. The zero-order valence-corrected chi connectivity index (χ0v) is 19.9. The number of imide groups is 1. The van der Waals surface area contributed by atoms with Crippen LogP contribution in [-0.2, 0) is 16.1 Å². The van der Waals surface area contributed by atoms with Crippen LogP contribution in [0, 0.1) is 6.92 Å². The number of rotatable bonds is 7. The van der Waals surface area contributed by atoms with E-state index in [4.69, 9.17) is 16.3 Å². The second-order valence-electron chi connectivity index (χ2n) is 7.58. The van der Waals surface area contributed by atoms with Gasteiger partial charge in [-0.2, -0.15) is 0 Å². The summed E-state index contributed by atoms with van der Waals surface area (Å²) >= 11 is 7.06. The highest BCUT2D eigenvalue weighted by molar-refractivity contribution is 8.18. The van der Waals surface area contributed by atoms with Crippen molar-refractivity contribution in [3.8, 4) is 5.75 Å². The molecule has 0 atom stereocenters. The number of hydrogen-bond acceptors (Lipinski definition) is 5. The number of halogens is 1. The van der Waals surface area contributed by atoms with E-state index < -0.39 is 0 Å². The van der Waals surface area contributed by atoms with Gasteiger partial charge < -0.3 is 10.1 Å². The molecule has 0 spiro atoms. The number of carbonyl (C=O) groups excluding carboxylic acids is 3. The van der Waals surface area contributed by atoms with E-state index in [1.165, 1.54) is 4.90 Å². The first-order chi connectivity index (χ1) is 16.4. The predicted molar refractivity (Wildman–Crippen MR) is 135 cm³/mol. The molecule has 0 aromatic heterocycles. The van der Waals surface area contributed by atoms with Crippen molar-refractivity contribution < 1.29 is 19.1 Å². The molecule has 6 nitrogen and oxygen atoms in total. The Bertz CT molecular complexity index is 1270. The third kappa shape index (κ3) is 5.68. The number of benzene rings is 3. The highest BCUT2D eigenvalue weighted by Gasteiger charge is 2.35. The van der Waals surface area contributed by atoms with Crippen LogP contribution in [0.3, 0.4) is 0 Å². The first-order valence-corrected chi connectivity index (χ1v) is 11.7. The molecule has 3 amide bonds. The SMILES string of the molecule is Cc1ccccc1NC(=O)COc1ccc(/C=C2\SC(=O)N(Cc3ccccc3Cl)C2=O)cc1. The molecule has 3 aromatic carbocycles. The van der Waals surface area contributed by atoms with Crippen LogP contribution in [0.4, 0.5) is 10.5 Å². The molecule has 0 aliphatic carbocycles. The highest BCUT2D eigenvalue weighted by Crippen LogP contribution is 2.34. The number of nitrogens with zero attached hydrogens (tertiary/aromatic N) is 1. The van der Waals surface area contributed by atoms with E-state index in [1.54, 1.807) is 48.5 Å². The lowest BCUT2D eigenvalue weighted by Crippen LogP contribution is -2.27. The Morgan fingerprint density at radius 1 is 1.03 bits per heavy atom. The zero-order valence-electron chi connectivity index (χ0n) is 18.3. The van der Waals surface area contributed by atoms with Crippen molar-refractivity contribution >= 4 is 52.2 Å². The lowest BCUT2D eigenvalue weighted by atomic mass is 10.2. The van der Waals surface area contributed by atoms with Crippen molar-refractivity contribution in [2.24, 2.45) is 0 Å². The maximum atomic E-state index is 12.8. The topological polar surface area (TPSA) is 75.7 Å². The third-order valence-corrected chi connectivity index (χ3v) is 6.40. The molecule has 0 bridgehead atoms. The van der Waals surface area contributed by atoms with Gasteiger partial charge in [0.05, 0.1) is 11.4 Å². The number of amides is 3. The van der Waals surface area contributed by atoms with Gasteiger partial charge in [0.2, 0.25) is 0 Å². The van der Waals surface area contributed by atoms with E-state index in [0.29, 0.717) is 21.2 Å². The summed E-state index contributed by atoms with van der Waals surface area (Å²) in [4.78, 5) is 38.8. The van der Waals surface area contributed by atoms with E-state index in [9.17, 15) is 14.4 Å². The van der Waals surface area contributed by atoms with E-state index in [-0.39, 0.29) is 30.2 Å². The number of anilines is 1. The van der Waals surface area contributed by atoms with Crippen LogP contribution in [0.5, 0.6) is 5.75 Å². The molecular weight excluding hydrogens is 472 g/mol. The van der Waals surface area contributed by atoms with Crippen molar-refractivity contribution in [2.75, 3.05) is 11.9 Å². The molecule has 0 radical (unpaired) electrons. The summed E-state index contributed by atoms with van der Waals surface area (Å²) in [5.41, 5.74) is 3.16. The molecule has 4 rings (SSSR count). The second-order valence-corrected chi connectivity index (χ2v) is 8.98. The van der Waals surface area contributed by atoms with Gasteiger partial charge in [-0.3, -0.25) is 19.3 Å². The Hall–Kier alpha value is -3.55. The number of carbonyl (C=O) groups is 3. The standard InChI is InChI=1S/C26H21ClN2O4S/c1-17-6-2-5-9-22(17)28-24(30)16-33-20-12-10-18(11-13-20)14-23-25(31)29(26(32)34-23)15-19-7-3-4-8-21(19)27/h2-14H,15-16H2,1H3,(H,28,30)/b23-14-.